The molecule has 0 bridgehead atoms. The summed E-state index contributed by atoms with van der Waals surface area (Å²) < 4.78 is 25.9. The molecule has 1 amide bonds. The number of benzene rings is 1. The molecule has 1 aromatic rings. The van der Waals surface area contributed by atoms with Crippen LogP contribution in [0.15, 0.2) is 18.2 Å². The Balaban J connectivity index is 2.70. The highest BCUT2D eigenvalue weighted by Gasteiger charge is 2.30. The first kappa shape index (κ1) is 16.1. The van der Waals surface area contributed by atoms with Gasteiger partial charge in [0.2, 0.25) is 5.91 Å². The summed E-state index contributed by atoms with van der Waals surface area (Å²) in [6.45, 7) is 4.49. The van der Waals surface area contributed by atoms with Gasteiger partial charge in [-0.05, 0) is 38.5 Å². The number of rotatable bonds is 5. The number of carboxylic acid groups (broad SMARTS) is 1. The molecule has 0 saturated carbocycles. The van der Waals surface area contributed by atoms with Crippen molar-refractivity contribution in [2.24, 2.45) is 5.41 Å². The summed E-state index contributed by atoms with van der Waals surface area (Å²) in [5, 5.41) is 11.5. The lowest BCUT2D eigenvalue weighted by Gasteiger charge is -2.20. The van der Waals surface area contributed by atoms with Gasteiger partial charge in [-0.1, -0.05) is 6.07 Å². The van der Waals surface area contributed by atoms with E-state index in [1.165, 1.54) is 19.9 Å². The molecule has 20 heavy (non-hydrogen) atoms. The minimum Gasteiger partial charge on any atom is -0.481 e. The van der Waals surface area contributed by atoms with Gasteiger partial charge in [0.05, 0.1) is 11.5 Å². The molecule has 4 nitrogen and oxygen atoms in total. The normalized spacial score (nSPS) is 12.8. The fourth-order valence-electron chi connectivity index (χ4n) is 1.63. The van der Waals surface area contributed by atoms with Crippen LogP contribution in [0.2, 0.25) is 0 Å². The van der Waals surface area contributed by atoms with Crippen LogP contribution in [-0.2, 0) is 9.59 Å². The Bertz CT molecular complexity index is 529. The highest BCUT2D eigenvalue weighted by atomic mass is 19.2. The minimum atomic E-state index is -1.18. The van der Waals surface area contributed by atoms with E-state index in [4.69, 9.17) is 5.11 Å². The second kappa shape index (κ2) is 5.98. The van der Waals surface area contributed by atoms with Gasteiger partial charge in [-0.2, -0.15) is 0 Å². The van der Waals surface area contributed by atoms with Crippen LogP contribution in [0.3, 0.4) is 0 Å². The fraction of sp³-hybridized carbons (Fsp3) is 0.429. The highest BCUT2D eigenvalue weighted by molar-refractivity contribution is 5.84. The van der Waals surface area contributed by atoms with Gasteiger partial charge < -0.3 is 10.4 Å². The molecule has 0 aliphatic heterocycles. The van der Waals surface area contributed by atoms with Crippen molar-refractivity contribution in [3.8, 4) is 0 Å². The highest BCUT2D eigenvalue weighted by Crippen LogP contribution is 2.22. The molecular formula is C14H17F2NO3. The largest absolute Gasteiger partial charge is 0.481 e. The molecule has 0 fully saturated rings. The Labute approximate surface area is 115 Å². The molecule has 1 atom stereocenters. The van der Waals surface area contributed by atoms with Gasteiger partial charge >= 0.3 is 5.97 Å². The third-order valence-electron chi connectivity index (χ3n) is 3.00. The topological polar surface area (TPSA) is 66.4 Å². The van der Waals surface area contributed by atoms with Crippen LogP contribution in [0.5, 0.6) is 0 Å². The van der Waals surface area contributed by atoms with E-state index >= 15 is 0 Å². The van der Waals surface area contributed by atoms with Crippen LogP contribution in [0.25, 0.3) is 0 Å². The number of aliphatic carboxylic acids is 1. The number of carbonyl (C=O) groups is 2. The number of halogens is 2. The van der Waals surface area contributed by atoms with Crippen LogP contribution < -0.4 is 5.32 Å². The summed E-state index contributed by atoms with van der Waals surface area (Å²) >= 11 is 0. The molecule has 0 aliphatic rings. The predicted octanol–water partition coefficient (Wildman–Crippen LogP) is 2.64. The van der Waals surface area contributed by atoms with E-state index in [-0.39, 0.29) is 6.42 Å². The zero-order valence-corrected chi connectivity index (χ0v) is 11.5. The van der Waals surface area contributed by atoms with Gasteiger partial charge in [-0.3, -0.25) is 9.59 Å². The van der Waals surface area contributed by atoms with Crippen LogP contribution >= 0.6 is 0 Å². The molecule has 0 aliphatic carbocycles. The number of hydrogen-bond acceptors (Lipinski definition) is 2. The van der Waals surface area contributed by atoms with Crippen molar-refractivity contribution in [2.45, 2.75) is 33.2 Å². The van der Waals surface area contributed by atoms with E-state index in [1.54, 1.807) is 6.92 Å². The minimum absolute atomic E-state index is 0.198. The van der Waals surface area contributed by atoms with E-state index in [2.05, 4.69) is 5.32 Å². The number of nitrogens with one attached hydrogen (secondary N) is 1. The monoisotopic (exact) mass is 285 g/mol. The van der Waals surface area contributed by atoms with Crippen LogP contribution in [-0.4, -0.2) is 17.0 Å². The molecule has 110 valence electrons. The van der Waals surface area contributed by atoms with Crippen molar-refractivity contribution in [3.05, 3.63) is 35.4 Å². The zero-order valence-electron chi connectivity index (χ0n) is 11.5. The third-order valence-corrected chi connectivity index (χ3v) is 3.00. The number of carbonyl (C=O) groups excluding carboxylic acids is 1. The maximum Gasteiger partial charge on any atom is 0.309 e. The molecule has 1 aromatic carbocycles. The molecule has 0 aromatic heterocycles. The Kier molecular flexibility index (Phi) is 4.81. The Morgan fingerprint density at radius 2 is 1.90 bits per heavy atom. The molecule has 1 rings (SSSR count). The molecule has 6 heteroatoms. The summed E-state index contributed by atoms with van der Waals surface area (Å²) in [6, 6.07) is 2.81. The standard InChI is InChI=1S/C14H17F2NO3/c1-8(9-4-5-10(15)11(16)6-9)17-12(18)7-14(2,3)13(19)20/h4-6,8H,7H2,1-3H3,(H,17,18)(H,19,20). The Morgan fingerprint density at radius 1 is 1.30 bits per heavy atom. The molecular weight excluding hydrogens is 268 g/mol. The van der Waals surface area contributed by atoms with Gasteiger partial charge in [-0.25, -0.2) is 8.78 Å². The van der Waals surface area contributed by atoms with E-state index in [1.807, 2.05) is 0 Å². The van der Waals surface area contributed by atoms with Crippen molar-refractivity contribution in [1.82, 2.24) is 5.32 Å². The SMILES string of the molecule is CC(NC(=O)CC(C)(C)C(=O)O)c1ccc(F)c(F)c1. The van der Waals surface area contributed by atoms with Crippen molar-refractivity contribution in [2.75, 3.05) is 0 Å². The molecule has 0 saturated heterocycles. The average Bonchev–Trinajstić information content (AvgIpc) is 2.31. The Hall–Kier alpha value is -1.98. The maximum absolute atomic E-state index is 13.1. The number of amides is 1. The number of hydrogen-bond donors (Lipinski definition) is 2. The molecule has 0 radical (unpaired) electrons. The van der Waals surface area contributed by atoms with Gasteiger partial charge in [0, 0.05) is 6.42 Å². The second-order valence-corrected chi connectivity index (χ2v) is 5.33. The first-order chi connectivity index (χ1) is 9.13. The third kappa shape index (κ3) is 4.01. The Morgan fingerprint density at radius 3 is 2.40 bits per heavy atom. The fourth-order valence-corrected chi connectivity index (χ4v) is 1.63. The van der Waals surface area contributed by atoms with E-state index in [9.17, 15) is 18.4 Å². The lowest BCUT2D eigenvalue weighted by Crippen LogP contribution is -2.34. The summed E-state index contributed by atoms with van der Waals surface area (Å²) in [7, 11) is 0. The molecule has 2 N–H and O–H groups in total. The van der Waals surface area contributed by atoms with Crippen LogP contribution in [0.1, 0.15) is 38.8 Å². The summed E-state index contributed by atoms with van der Waals surface area (Å²) in [5.41, 5.74) is -0.775. The first-order valence-corrected chi connectivity index (χ1v) is 6.11. The van der Waals surface area contributed by atoms with Crippen molar-refractivity contribution < 1.29 is 23.5 Å². The molecule has 0 spiro atoms. The van der Waals surface area contributed by atoms with E-state index in [0.717, 1.165) is 12.1 Å². The predicted molar refractivity (Wildman–Crippen MR) is 68.9 cm³/mol. The van der Waals surface area contributed by atoms with Gasteiger partial charge in [0.15, 0.2) is 11.6 Å². The summed E-state index contributed by atoms with van der Waals surface area (Å²) in [4.78, 5) is 22.7. The maximum atomic E-state index is 13.1. The van der Waals surface area contributed by atoms with Gasteiger partial charge in [0.25, 0.3) is 0 Å². The lowest BCUT2D eigenvalue weighted by molar-refractivity contribution is -0.149. The molecule has 1 unspecified atom stereocenters. The van der Waals surface area contributed by atoms with Crippen LogP contribution in [0, 0.1) is 17.0 Å². The van der Waals surface area contributed by atoms with Crippen molar-refractivity contribution in [1.29, 1.82) is 0 Å². The van der Waals surface area contributed by atoms with Crippen LogP contribution in [0.4, 0.5) is 8.78 Å². The quantitative estimate of drug-likeness (QED) is 0.874. The average molecular weight is 285 g/mol. The van der Waals surface area contributed by atoms with E-state index in [0.29, 0.717) is 5.56 Å². The first-order valence-electron chi connectivity index (χ1n) is 6.11. The summed E-state index contributed by atoms with van der Waals surface area (Å²) in [6.07, 6.45) is -0.198. The smallest absolute Gasteiger partial charge is 0.309 e. The number of carboxylic acids is 1. The van der Waals surface area contributed by atoms with Crippen molar-refractivity contribution in [3.63, 3.8) is 0 Å². The second-order valence-electron chi connectivity index (χ2n) is 5.33. The lowest BCUT2D eigenvalue weighted by atomic mass is 9.89. The summed E-state index contributed by atoms with van der Waals surface area (Å²) in [5.74, 6) is -3.49. The molecule has 0 heterocycles. The van der Waals surface area contributed by atoms with Crippen molar-refractivity contribution >= 4 is 11.9 Å². The van der Waals surface area contributed by atoms with Gasteiger partial charge in [-0.15, -0.1) is 0 Å². The zero-order chi connectivity index (χ0) is 15.5. The van der Waals surface area contributed by atoms with E-state index < -0.39 is 35.0 Å². The van der Waals surface area contributed by atoms with Gasteiger partial charge in [0.1, 0.15) is 0 Å².